The lowest BCUT2D eigenvalue weighted by atomic mass is 10.3. The lowest BCUT2D eigenvalue weighted by molar-refractivity contribution is 0.287. The number of imidazole rings is 1. The predicted octanol–water partition coefficient (Wildman–Crippen LogP) is 1.99. The molecule has 4 nitrogen and oxygen atoms in total. The number of rotatable bonds is 6. The third-order valence-electron chi connectivity index (χ3n) is 2.92. The molecule has 0 unspecified atom stereocenters. The normalized spacial score (nSPS) is 10.6. The molecule has 0 amide bonds. The van der Waals surface area contributed by atoms with Crippen LogP contribution in [0.25, 0.3) is 11.0 Å². The molecule has 19 heavy (non-hydrogen) atoms. The summed E-state index contributed by atoms with van der Waals surface area (Å²) < 4.78 is 7.49. The Bertz CT molecular complexity index is 596. The van der Waals surface area contributed by atoms with Crippen LogP contribution in [0.3, 0.4) is 0 Å². The van der Waals surface area contributed by atoms with E-state index in [1.165, 1.54) is 0 Å². The smallest absolute Gasteiger partial charge is 0.121 e. The molecule has 0 bridgehead atoms. The van der Waals surface area contributed by atoms with E-state index in [-0.39, 0.29) is 6.61 Å². The van der Waals surface area contributed by atoms with Crippen LogP contribution < -0.4 is 4.74 Å². The lowest BCUT2D eigenvalue weighted by Crippen LogP contribution is -2.03. The average molecular weight is 258 g/mol. The van der Waals surface area contributed by atoms with Gasteiger partial charge in [0.2, 0.25) is 0 Å². The first-order valence-electron chi connectivity index (χ1n) is 6.46. The summed E-state index contributed by atoms with van der Waals surface area (Å²) in [6.07, 6.45) is 6.82. The van der Waals surface area contributed by atoms with Crippen molar-refractivity contribution in [1.29, 1.82) is 0 Å². The zero-order valence-electron chi connectivity index (χ0n) is 11.1. The Morgan fingerprint density at radius 2 is 2.32 bits per heavy atom. The molecule has 0 saturated carbocycles. The van der Waals surface area contributed by atoms with Crippen molar-refractivity contribution >= 4 is 11.0 Å². The van der Waals surface area contributed by atoms with Crippen LogP contribution >= 0.6 is 0 Å². The maximum atomic E-state index is 8.94. The molecule has 0 radical (unpaired) electrons. The standard InChI is InChI=1S/C15H18N2O2/c1-3-9-17-14-8-7-12(19-4-2)11-13(14)16-15(17)6-5-10-18/h1,7-8,11,18H,4-6,9-10H2,2H3. The van der Waals surface area contributed by atoms with Gasteiger partial charge in [0, 0.05) is 19.1 Å². The third kappa shape index (κ3) is 2.88. The first-order valence-corrected chi connectivity index (χ1v) is 6.46. The minimum Gasteiger partial charge on any atom is -0.494 e. The minimum absolute atomic E-state index is 0.156. The maximum absolute atomic E-state index is 8.94. The number of aliphatic hydroxyl groups is 1. The fraction of sp³-hybridized carbons (Fsp3) is 0.400. The van der Waals surface area contributed by atoms with Gasteiger partial charge < -0.3 is 14.4 Å². The monoisotopic (exact) mass is 258 g/mol. The van der Waals surface area contributed by atoms with Crippen LogP contribution in [0.4, 0.5) is 0 Å². The number of fused-ring (bicyclic) bond motifs is 1. The molecule has 2 rings (SSSR count). The fourth-order valence-corrected chi connectivity index (χ4v) is 2.11. The van der Waals surface area contributed by atoms with Crippen molar-refractivity contribution < 1.29 is 9.84 Å². The number of hydrogen-bond donors (Lipinski definition) is 1. The molecule has 100 valence electrons. The van der Waals surface area contributed by atoms with E-state index < -0.39 is 0 Å². The molecule has 2 aromatic rings. The van der Waals surface area contributed by atoms with Gasteiger partial charge >= 0.3 is 0 Å². The number of aromatic nitrogens is 2. The van der Waals surface area contributed by atoms with Gasteiger partial charge in [0.15, 0.2) is 0 Å². The van der Waals surface area contributed by atoms with Crippen molar-refractivity contribution in [1.82, 2.24) is 9.55 Å². The summed E-state index contributed by atoms with van der Waals surface area (Å²) >= 11 is 0. The van der Waals surface area contributed by atoms with E-state index in [0.717, 1.165) is 29.0 Å². The van der Waals surface area contributed by atoms with Gasteiger partial charge in [0.25, 0.3) is 0 Å². The molecule has 0 spiro atoms. The summed E-state index contributed by atoms with van der Waals surface area (Å²) in [6, 6.07) is 5.83. The number of aliphatic hydroxyl groups excluding tert-OH is 1. The largest absolute Gasteiger partial charge is 0.494 e. The highest BCUT2D eigenvalue weighted by Gasteiger charge is 2.10. The zero-order chi connectivity index (χ0) is 13.7. The average Bonchev–Trinajstić information content (AvgIpc) is 2.75. The van der Waals surface area contributed by atoms with Gasteiger partial charge in [-0.2, -0.15) is 0 Å². The highest BCUT2D eigenvalue weighted by Crippen LogP contribution is 2.22. The van der Waals surface area contributed by atoms with E-state index in [1.54, 1.807) is 0 Å². The summed E-state index contributed by atoms with van der Waals surface area (Å²) in [7, 11) is 0. The highest BCUT2D eigenvalue weighted by molar-refractivity contribution is 5.78. The molecule has 1 aromatic carbocycles. The van der Waals surface area contributed by atoms with E-state index in [1.807, 2.05) is 29.7 Å². The summed E-state index contributed by atoms with van der Waals surface area (Å²) in [4.78, 5) is 4.59. The molecule has 0 aliphatic carbocycles. The SMILES string of the molecule is C#CCn1c(CCCO)nc2cc(OCC)ccc21. The Hall–Kier alpha value is -1.99. The fourth-order valence-electron chi connectivity index (χ4n) is 2.11. The van der Waals surface area contributed by atoms with Gasteiger partial charge in [-0.1, -0.05) is 5.92 Å². The molecule has 0 aliphatic rings. The van der Waals surface area contributed by atoms with Crippen molar-refractivity contribution in [3.8, 4) is 18.1 Å². The second-order valence-corrected chi connectivity index (χ2v) is 4.23. The van der Waals surface area contributed by atoms with Crippen molar-refractivity contribution in [2.45, 2.75) is 26.3 Å². The third-order valence-corrected chi connectivity index (χ3v) is 2.92. The van der Waals surface area contributed by atoms with E-state index in [2.05, 4.69) is 10.9 Å². The van der Waals surface area contributed by atoms with Gasteiger partial charge in [0.1, 0.15) is 11.6 Å². The number of terminal acetylenes is 1. The summed E-state index contributed by atoms with van der Waals surface area (Å²) in [6.45, 7) is 3.23. The first-order chi connectivity index (χ1) is 9.30. The summed E-state index contributed by atoms with van der Waals surface area (Å²) in [5.41, 5.74) is 1.89. The second kappa shape index (κ2) is 6.26. The molecule has 4 heteroatoms. The van der Waals surface area contributed by atoms with Crippen molar-refractivity contribution in [2.75, 3.05) is 13.2 Å². The molecule has 1 aromatic heterocycles. The van der Waals surface area contributed by atoms with Crippen LogP contribution in [0.5, 0.6) is 5.75 Å². The Labute approximate surface area is 113 Å². The molecule has 0 fully saturated rings. The van der Waals surface area contributed by atoms with E-state index >= 15 is 0 Å². The van der Waals surface area contributed by atoms with Crippen LogP contribution in [0.15, 0.2) is 18.2 Å². The van der Waals surface area contributed by atoms with Gasteiger partial charge in [-0.05, 0) is 25.5 Å². The molecule has 0 saturated heterocycles. The number of aryl methyl sites for hydroxylation is 1. The first kappa shape index (κ1) is 13.4. The van der Waals surface area contributed by atoms with E-state index in [4.69, 9.17) is 16.3 Å². The molecule has 0 atom stereocenters. The summed E-state index contributed by atoms with van der Waals surface area (Å²) in [5, 5.41) is 8.94. The van der Waals surface area contributed by atoms with Crippen LogP contribution in [-0.2, 0) is 13.0 Å². The quantitative estimate of drug-likeness (QED) is 0.806. The lowest BCUT2D eigenvalue weighted by Gasteiger charge is -2.05. The van der Waals surface area contributed by atoms with E-state index in [9.17, 15) is 0 Å². The van der Waals surface area contributed by atoms with Crippen molar-refractivity contribution in [3.63, 3.8) is 0 Å². The molecular weight excluding hydrogens is 240 g/mol. The Morgan fingerprint density at radius 3 is 3.00 bits per heavy atom. The molecular formula is C15H18N2O2. The van der Waals surface area contributed by atoms with Crippen LogP contribution in [0.2, 0.25) is 0 Å². The van der Waals surface area contributed by atoms with E-state index in [0.29, 0.717) is 19.6 Å². The van der Waals surface area contributed by atoms with Gasteiger partial charge in [-0.3, -0.25) is 0 Å². The Balaban J connectivity index is 2.43. The van der Waals surface area contributed by atoms with Crippen LogP contribution in [0.1, 0.15) is 19.2 Å². The number of hydrogen-bond acceptors (Lipinski definition) is 3. The van der Waals surface area contributed by atoms with Crippen LogP contribution in [-0.4, -0.2) is 27.9 Å². The van der Waals surface area contributed by atoms with Crippen molar-refractivity contribution in [2.24, 2.45) is 0 Å². The van der Waals surface area contributed by atoms with Crippen LogP contribution in [0, 0.1) is 12.3 Å². The summed E-state index contributed by atoms with van der Waals surface area (Å²) in [5.74, 6) is 4.37. The Kier molecular flexibility index (Phi) is 4.43. The second-order valence-electron chi connectivity index (χ2n) is 4.23. The topological polar surface area (TPSA) is 47.3 Å². The number of ether oxygens (including phenoxy) is 1. The van der Waals surface area contributed by atoms with Gasteiger partial charge in [-0.15, -0.1) is 6.42 Å². The molecule has 1 heterocycles. The molecule has 1 N–H and O–H groups in total. The maximum Gasteiger partial charge on any atom is 0.121 e. The van der Waals surface area contributed by atoms with Gasteiger partial charge in [-0.25, -0.2) is 4.98 Å². The predicted molar refractivity (Wildman–Crippen MR) is 75.1 cm³/mol. The molecule has 0 aliphatic heterocycles. The highest BCUT2D eigenvalue weighted by atomic mass is 16.5. The van der Waals surface area contributed by atoms with Gasteiger partial charge in [0.05, 0.1) is 24.2 Å². The Morgan fingerprint density at radius 1 is 1.47 bits per heavy atom. The number of benzene rings is 1. The zero-order valence-corrected chi connectivity index (χ0v) is 11.1. The minimum atomic E-state index is 0.156. The van der Waals surface area contributed by atoms with Crippen molar-refractivity contribution in [3.05, 3.63) is 24.0 Å². The number of nitrogens with zero attached hydrogens (tertiary/aromatic N) is 2.